The highest BCUT2D eigenvalue weighted by molar-refractivity contribution is 7.98. The third-order valence-electron chi connectivity index (χ3n) is 2.91. The van der Waals surface area contributed by atoms with Crippen molar-refractivity contribution in [3.63, 3.8) is 0 Å². The Balaban J connectivity index is 2.01. The number of nitrogens with one attached hydrogen (secondary N) is 1. The molecule has 0 radical (unpaired) electrons. The zero-order valence-corrected chi connectivity index (χ0v) is 13.5. The summed E-state index contributed by atoms with van der Waals surface area (Å²) in [4.78, 5) is 8.90. The number of benzene rings is 1. The average molecular weight is 315 g/mol. The molecule has 0 bridgehead atoms. The average Bonchev–Trinajstić information content (AvgIpc) is 2.97. The minimum absolute atomic E-state index is 0.0971. The lowest BCUT2D eigenvalue weighted by molar-refractivity contribution is 0.244. The van der Waals surface area contributed by atoms with E-state index in [1.54, 1.807) is 10.7 Å². The third-order valence-corrected chi connectivity index (χ3v) is 3.46. The molecule has 2 aromatic heterocycles. The van der Waals surface area contributed by atoms with Crippen molar-refractivity contribution in [3.05, 3.63) is 36.5 Å². The lowest BCUT2D eigenvalue weighted by Gasteiger charge is -2.15. The van der Waals surface area contributed by atoms with Crippen molar-refractivity contribution in [3.8, 4) is 5.75 Å². The number of hydrogen-bond acceptors (Lipinski definition) is 6. The summed E-state index contributed by atoms with van der Waals surface area (Å²) < 4.78 is 7.50. The van der Waals surface area contributed by atoms with Crippen LogP contribution in [-0.2, 0) is 0 Å². The molecule has 0 fully saturated rings. The molecule has 6 nitrogen and oxygen atoms in total. The van der Waals surface area contributed by atoms with Gasteiger partial charge in [-0.2, -0.15) is 14.6 Å². The molecule has 0 spiro atoms. The molecular formula is C15H17N5OS. The van der Waals surface area contributed by atoms with E-state index in [-0.39, 0.29) is 6.10 Å². The fourth-order valence-electron chi connectivity index (χ4n) is 2.02. The van der Waals surface area contributed by atoms with Crippen LogP contribution in [0, 0.1) is 0 Å². The standard InChI is InChI=1S/C15H17N5OS/c1-10(2)21-12-7-5-4-6-11(12)17-14-19-15(22-3)18-13-8-9-16-20(13)14/h4-10H,1-3H3,(H,17,18,19). The number of nitrogens with zero attached hydrogens (tertiary/aromatic N) is 4. The quantitative estimate of drug-likeness (QED) is 0.728. The summed E-state index contributed by atoms with van der Waals surface area (Å²) in [6, 6.07) is 9.63. The van der Waals surface area contributed by atoms with E-state index >= 15 is 0 Å². The fourth-order valence-corrected chi connectivity index (χ4v) is 2.39. The fraction of sp³-hybridized carbons (Fsp3) is 0.267. The van der Waals surface area contributed by atoms with E-state index in [0.29, 0.717) is 11.1 Å². The van der Waals surface area contributed by atoms with E-state index in [4.69, 9.17) is 4.74 Å². The first-order valence-electron chi connectivity index (χ1n) is 6.96. The van der Waals surface area contributed by atoms with Crippen molar-refractivity contribution in [2.24, 2.45) is 0 Å². The van der Waals surface area contributed by atoms with Crippen molar-refractivity contribution in [1.82, 2.24) is 19.6 Å². The van der Waals surface area contributed by atoms with E-state index in [9.17, 15) is 0 Å². The van der Waals surface area contributed by atoms with Crippen LogP contribution < -0.4 is 10.1 Å². The number of thioether (sulfide) groups is 1. The topological polar surface area (TPSA) is 64.3 Å². The molecule has 0 unspecified atom stereocenters. The molecule has 1 N–H and O–H groups in total. The number of hydrogen-bond donors (Lipinski definition) is 1. The van der Waals surface area contributed by atoms with Crippen LogP contribution in [0.5, 0.6) is 5.75 Å². The maximum Gasteiger partial charge on any atom is 0.233 e. The Labute approximate surface area is 132 Å². The minimum Gasteiger partial charge on any atom is -0.489 e. The van der Waals surface area contributed by atoms with E-state index in [2.05, 4.69) is 20.4 Å². The molecule has 7 heteroatoms. The highest BCUT2D eigenvalue weighted by Gasteiger charge is 2.11. The molecule has 3 rings (SSSR count). The van der Waals surface area contributed by atoms with Crippen LogP contribution in [0.25, 0.3) is 5.65 Å². The molecule has 0 saturated carbocycles. The first kappa shape index (κ1) is 14.6. The van der Waals surface area contributed by atoms with Gasteiger partial charge in [0.1, 0.15) is 5.75 Å². The highest BCUT2D eigenvalue weighted by Crippen LogP contribution is 2.28. The summed E-state index contributed by atoms with van der Waals surface area (Å²) in [5.41, 5.74) is 1.60. The van der Waals surface area contributed by atoms with Gasteiger partial charge >= 0.3 is 0 Å². The molecule has 1 aromatic carbocycles. The molecule has 22 heavy (non-hydrogen) atoms. The zero-order valence-electron chi connectivity index (χ0n) is 12.6. The Morgan fingerprint density at radius 1 is 1.18 bits per heavy atom. The summed E-state index contributed by atoms with van der Waals surface area (Å²) in [7, 11) is 0. The van der Waals surface area contributed by atoms with Crippen LogP contribution in [0.15, 0.2) is 41.7 Å². The molecule has 0 amide bonds. The summed E-state index contributed by atoms with van der Waals surface area (Å²) >= 11 is 1.49. The highest BCUT2D eigenvalue weighted by atomic mass is 32.2. The van der Waals surface area contributed by atoms with Gasteiger partial charge in [0.05, 0.1) is 18.0 Å². The maximum absolute atomic E-state index is 5.83. The van der Waals surface area contributed by atoms with Gasteiger partial charge in [-0.1, -0.05) is 23.9 Å². The van der Waals surface area contributed by atoms with Gasteiger partial charge in [0.15, 0.2) is 10.8 Å². The van der Waals surface area contributed by atoms with Crippen molar-refractivity contribution in [1.29, 1.82) is 0 Å². The largest absolute Gasteiger partial charge is 0.489 e. The molecule has 114 valence electrons. The van der Waals surface area contributed by atoms with Crippen molar-refractivity contribution in [2.75, 3.05) is 11.6 Å². The van der Waals surface area contributed by atoms with Crippen LogP contribution >= 0.6 is 11.8 Å². The smallest absolute Gasteiger partial charge is 0.233 e. The first-order valence-corrected chi connectivity index (χ1v) is 8.18. The number of rotatable bonds is 5. The summed E-state index contributed by atoms with van der Waals surface area (Å²) in [6.07, 6.45) is 3.75. The van der Waals surface area contributed by atoms with Gasteiger partial charge in [-0.15, -0.1) is 0 Å². The normalized spacial score (nSPS) is 11.1. The van der Waals surface area contributed by atoms with Crippen molar-refractivity contribution in [2.45, 2.75) is 25.1 Å². The summed E-state index contributed by atoms with van der Waals surface area (Å²) in [5.74, 6) is 1.39. The lowest BCUT2D eigenvalue weighted by Crippen LogP contribution is -2.09. The molecule has 0 aliphatic rings. The number of para-hydroxylation sites is 2. The molecular weight excluding hydrogens is 298 g/mol. The van der Waals surface area contributed by atoms with E-state index < -0.39 is 0 Å². The number of fused-ring (bicyclic) bond motifs is 1. The monoisotopic (exact) mass is 315 g/mol. The van der Waals surface area contributed by atoms with Crippen molar-refractivity contribution >= 4 is 29.0 Å². The van der Waals surface area contributed by atoms with Crippen LogP contribution in [0.2, 0.25) is 0 Å². The Kier molecular flexibility index (Phi) is 4.15. The van der Waals surface area contributed by atoms with Gasteiger partial charge in [-0.3, -0.25) is 0 Å². The van der Waals surface area contributed by atoms with Gasteiger partial charge < -0.3 is 10.1 Å². The Morgan fingerprint density at radius 2 is 2.00 bits per heavy atom. The second-order valence-corrected chi connectivity index (χ2v) is 5.70. The summed E-state index contributed by atoms with van der Waals surface area (Å²) in [6.45, 7) is 4.00. The minimum atomic E-state index is 0.0971. The van der Waals surface area contributed by atoms with Crippen LogP contribution in [-0.4, -0.2) is 31.9 Å². The van der Waals surface area contributed by atoms with Gasteiger partial charge in [0.2, 0.25) is 5.95 Å². The van der Waals surface area contributed by atoms with Crippen molar-refractivity contribution < 1.29 is 4.74 Å². The summed E-state index contributed by atoms with van der Waals surface area (Å²) in [5, 5.41) is 8.25. The molecule has 0 atom stereocenters. The second-order valence-electron chi connectivity index (χ2n) is 4.92. The zero-order chi connectivity index (χ0) is 15.5. The second kappa shape index (κ2) is 6.23. The van der Waals surface area contributed by atoms with Gasteiger partial charge in [-0.05, 0) is 32.2 Å². The molecule has 2 heterocycles. The predicted molar refractivity (Wildman–Crippen MR) is 88.1 cm³/mol. The Hall–Kier alpha value is -2.28. The van der Waals surface area contributed by atoms with Gasteiger partial charge in [0, 0.05) is 6.07 Å². The van der Waals surface area contributed by atoms with E-state index in [1.807, 2.05) is 50.4 Å². The Bertz CT molecular complexity index is 786. The van der Waals surface area contributed by atoms with E-state index in [0.717, 1.165) is 17.1 Å². The molecule has 0 saturated heterocycles. The SMILES string of the molecule is CSc1nc(Nc2ccccc2OC(C)C)n2nccc2n1. The van der Waals surface area contributed by atoms with Gasteiger partial charge in [-0.25, -0.2) is 4.98 Å². The number of anilines is 2. The molecule has 3 aromatic rings. The maximum atomic E-state index is 5.83. The molecule has 0 aliphatic heterocycles. The predicted octanol–water partition coefficient (Wildman–Crippen LogP) is 3.38. The van der Waals surface area contributed by atoms with Crippen LogP contribution in [0.1, 0.15) is 13.8 Å². The number of ether oxygens (including phenoxy) is 1. The third kappa shape index (κ3) is 2.99. The number of aromatic nitrogens is 4. The molecule has 0 aliphatic carbocycles. The lowest BCUT2D eigenvalue weighted by atomic mass is 10.3. The van der Waals surface area contributed by atoms with Crippen LogP contribution in [0.4, 0.5) is 11.6 Å². The van der Waals surface area contributed by atoms with E-state index in [1.165, 1.54) is 11.8 Å². The van der Waals surface area contributed by atoms with Gasteiger partial charge in [0.25, 0.3) is 0 Å². The Morgan fingerprint density at radius 3 is 2.77 bits per heavy atom. The first-order chi connectivity index (χ1) is 10.7. The van der Waals surface area contributed by atoms with Crippen LogP contribution in [0.3, 0.4) is 0 Å².